The van der Waals surface area contributed by atoms with Crippen molar-refractivity contribution in [2.45, 2.75) is 38.3 Å². The van der Waals surface area contributed by atoms with Gasteiger partial charge in [0.15, 0.2) is 0 Å². The number of rotatable bonds is 5. The highest BCUT2D eigenvalue weighted by molar-refractivity contribution is 5.90. The molecule has 3 aromatic rings. The largest absolute Gasteiger partial charge is 0.481 e. The Bertz CT molecular complexity index is 990. The molecule has 1 aliphatic rings. The lowest BCUT2D eigenvalue weighted by molar-refractivity contribution is -0.155. The Kier molecular flexibility index (Phi) is 4.67. The van der Waals surface area contributed by atoms with Gasteiger partial charge in [0, 0.05) is 29.6 Å². The zero-order valence-electron chi connectivity index (χ0n) is 14.9. The smallest absolute Gasteiger partial charge is 0.317 e. The summed E-state index contributed by atoms with van der Waals surface area (Å²) in [5, 5.41) is 10.0. The Morgan fingerprint density at radius 3 is 2.59 bits per heavy atom. The van der Waals surface area contributed by atoms with Crippen molar-refractivity contribution in [1.29, 1.82) is 0 Å². The zero-order valence-corrected chi connectivity index (χ0v) is 14.9. The molecule has 5 nitrogen and oxygen atoms in total. The van der Waals surface area contributed by atoms with Crippen LogP contribution in [-0.2, 0) is 33.7 Å². The van der Waals surface area contributed by atoms with Crippen molar-refractivity contribution in [2.24, 2.45) is 0 Å². The second-order valence-electron chi connectivity index (χ2n) is 6.94. The minimum absolute atomic E-state index is 0.275. The van der Waals surface area contributed by atoms with Gasteiger partial charge in [-0.25, -0.2) is 0 Å². The first kappa shape index (κ1) is 17.3. The van der Waals surface area contributed by atoms with E-state index >= 15 is 0 Å². The fourth-order valence-electron chi connectivity index (χ4n) is 3.96. The number of nitrogens with zero attached hydrogens (tertiary/aromatic N) is 1. The number of aliphatic carboxylic acids is 1. The van der Waals surface area contributed by atoms with Crippen LogP contribution in [0.2, 0.25) is 0 Å². The monoisotopic (exact) mass is 363 g/mol. The highest BCUT2D eigenvalue weighted by Gasteiger charge is 2.28. The highest BCUT2D eigenvalue weighted by Crippen LogP contribution is 2.33. The van der Waals surface area contributed by atoms with Gasteiger partial charge in [-0.15, -0.1) is 0 Å². The van der Waals surface area contributed by atoms with E-state index in [1.165, 1.54) is 27.7 Å². The first-order chi connectivity index (χ1) is 13.1. The molecule has 0 saturated carbocycles. The van der Waals surface area contributed by atoms with Crippen molar-refractivity contribution in [2.75, 3.05) is 0 Å². The third-order valence-electron chi connectivity index (χ3n) is 5.11. The number of carboxylic acid groups (broad SMARTS) is 1. The zero-order chi connectivity index (χ0) is 18.8. The van der Waals surface area contributed by atoms with Crippen molar-refractivity contribution in [1.82, 2.24) is 4.57 Å². The van der Waals surface area contributed by atoms with Gasteiger partial charge in [-0.1, -0.05) is 48.5 Å². The van der Waals surface area contributed by atoms with E-state index in [0.717, 1.165) is 19.4 Å². The molecule has 1 aromatic heterocycles. The summed E-state index contributed by atoms with van der Waals surface area (Å²) in [6, 6.07) is 18.6. The van der Waals surface area contributed by atoms with Gasteiger partial charge in [-0.05, 0) is 30.0 Å². The van der Waals surface area contributed by atoms with Gasteiger partial charge in [-0.3, -0.25) is 9.59 Å². The summed E-state index contributed by atoms with van der Waals surface area (Å²) in [5.41, 5.74) is 4.89. The molecule has 0 aliphatic heterocycles. The van der Waals surface area contributed by atoms with E-state index in [1.54, 1.807) is 0 Å². The summed E-state index contributed by atoms with van der Waals surface area (Å²) in [5.74, 6) is -1.82. The van der Waals surface area contributed by atoms with Crippen LogP contribution in [0.1, 0.15) is 29.7 Å². The van der Waals surface area contributed by atoms with E-state index in [2.05, 4.69) is 34.9 Å². The predicted molar refractivity (Wildman–Crippen MR) is 102 cm³/mol. The summed E-state index contributed by atoms with van der Waals surface area (Å²) >= 11 is 0. The van der Waals surface area contributed by atoms with E-state index in [-0.39, 0.29) is 6.10 Å². The summed E-state index contributed by atoms with van der Waals surface area (Å²) in [6.07, 6.45) is 1.29. The fourth-order valence-corrected chi connectivity index (χ4v) is 3.96. The number of carbonyl (C=O) groups excluding carboxylic acids is 1. The van der Waals surface area contributed by atoms with E-state index in [0.29, 0.717) is 6.42 Å². The maximum atomic E-state index is 11.8. The number of carboxylic acids is 1. The maximum absolute atomic E-state index is 11.8. The molecule has 5 heteroatoms. The summed E-state index contributed by atoms with van der Waals surface area (Å²) in [4.78, 5) is 22.5. The second-order valence-corrected chi connectivity index (χ2v) is 6.94. The maximum Gasteiger partial charge on any atom is 0.317 e. The number of benzene rings is 2. The van der Waals surface area contributed by atoms with Crippen molar-refractivity contribution in [3.05, 3.63) is 71.4 Å². The normalized spacial score (nSPS) is 16.1. The minimum Gasteiger partial charge on any atom is -0.481 e. The van der Waals surface area contributed by atoms with E-state index < -0.39 is 18.4 Å². The Hall–Kier alpha value is -3.08. The third kappa shape index (κ3) is 3.58. The van der Waals surface area contributed by atoms with Crippen LogP contribution in [0.5, 0.6) is 0 Å². The van der Waals surface area contributed by atoms with Crippen LogP contribution >= 0.6 is 0 Å². The van der Waals surface area contributed by atoms with Crippen LogP contribution in [-0.4, -0.2) is 27.7 Å². The van der Waals surface area contributed by atoms with Gasteiger partial charge in [-0.2, -0.15) is 0 Å². The molecule has 0 spiro atoms. The highest BCUT2D eigenvalue weighted by atomic mass is 16.5. The Labute approximate surface area is 157 Å². The molecule has 1 aliphatic carbocycles. The summed E-state index contributed by atoms with van der Waals surface area (Å²) in [6.45, 7) is 0.756. The molecule has 0 amide bonds. The molecule has 0 radical (unpaired) electrons. The lowest BCUT2D eigenvalue weighted by atomic mass is 9.93. The predicted octanol–water partition coefficient (Wildman–Crippen LogP) is 3.56. The topological polar surface area (TPSA) is 68.5 Å². The number of para-hydroxylation sites is 1. The molecule has 1 N–H and O–H groups in total. The van der Waals surface area contributed by atoms with Gasteiger partial charge in [0.1, 0.15) is 12.5 Å². The van der Waals surface area contributed by atoms with Crippen molar-refractivity contribution in [3.8, 4) is 0 Å². The summed E-state index contributed by atoms with van der Waals surface area (Å²) in [7, 11) is 0. The molecule has 2 aromatic carbocycles. The number of esters is 1. The number of carbonyl (C=O) groups is 2. The lowest BCUT2D eigenvalue weighted by Gasteiger charge is -2.24. The number of aromatic nitrogens is 1. The van der Waals surface area contributed by atoms with Gasteiger partial charge in [0.2, 0.25) is 0 Å². The number of fused-ring (bicyclic) bond motifs is 3. The number of hydrogen-bond acceptors (Lipinski definition) is 3. The number of hydrogen-bond donors (Lipinski definition) is 1. The molecule has 1 unspecified atom stereocenters. The Morgan fingerprint density at radius 2 is 1.81 bits per heavy atom. The van der Waals surface area contributed by atoms with Gasteiger partial charge >= 0.3 is 11.9 Å². The molecule has 4 rings (SSSR count). The molecule has 0 fully saturated rings. The molecule has 27 heavy (non-hydrogen) atoms. The van der Waals surface area contributed by atoms with Crippen LogP contribution in [0.25, 0.3) is 10.9 Å². The molecular formula is C22H21NO4. The van der Waals surface area contributed by atoms with Crippen LogP contribution in [0.4, 0.5) is 0 Å². The minimum atomic E-state index is -1.16. The molecule has 0 bridgehead atoms. The quantitative estimate of drug-likeness (QED) is 0.556. The molecule has 0 saturated heterocycles. The van der Waals surface area contributed by atoms with Crippen molar-refractivity contribution < 1.29 is 19.4 Å². The van der Waals surface area contributed by atoms with E-state index in [1.807, 2.05) is 24.3 Å². The van der Waals surface area contributed by atoms with Crippen LogP contribution in [0, 0.1) is 0 Å². The van der Waals surface area contributed by atoms with Crippen molar-refractivity contribution in [3.63, 3.8) is 0 Å². The fraction of sp³-hybridized carbons (Fsp3) is 0.273. The molecular weight excluding hydrogens is 342 g/mol. The van der Waals surface area contributed by atoms with Crippen molar-refractivity contribution >= 4 is 22.8 Å². The second kappa shape index (κ2) is 7.27. The van der Waals surface area contributed by atoms with E-state index in [4.69, 9.17) is 9.84 Å². The first-order valence-corrected chi connectivity index (χ1v) is 9.16. The molecule has 1 heterocycles. The van der Waals surface area contributed by atoms with Crippen LogP contribution in [0.3, 0.4) is 0 Å². The summed E-state index contributed by atoms with van der Waals surface area (Å²) < 4.78 is 7.73. The van der Waals surface area contributed by atoms with E-state index in [9.17, 15) is 9.59 Å². The molecule has 1 atom stereocenters. The first-order valence-electron chi connectivity index (χ1n) is 9.16. The Balaban J connectivity index is 1.67. The standard InChI is InChI=1S/C22H21NO4/c24-21(25)13-22(26)27-16-10-11-18-17-8-4-5-9-19(17)23(20(18)12-16)14-15-6-2-1-3-7-15/h1-9,16H,10-14H2,(H,24,25). The van der Waals surface area contributed by atoms with Crippen LogP contribution < -0.4 is 0 Å². The average molecular weight is 363 g/mol. The SMILES string of the molecule is O=C(O)CC(=O)OC1CCc2c(n(Cc3ccccc3)c3ccccc23)C1. The van der Waals surface area contributed by atoms with Crippen LogP contribution in [0.15, 0.2) is 54.6 Å². The Morgan fingerprint density at radius 1 is 1.07 bits per heavy atom. The van der Waals surface area contributed by atoms with Gasteiger partial charge in [0.25, 0.3) is 0 Å². The lowest BCUT2D eigenvalue weighted by Crippen LogP contribution is -2.27. The molecule has 138 valence electrons. The number of aryl methyl sites for hydroxylation is 1. The average Bonchev–Trinajstić information content (AvgIpc) is 2.95. The number of ether oxygens (including phenoxy) is 1. The third-order valence-corrected chi connectivity index (χ3v) is 5.11. The van der Waals surface area contributed by atoms with Gasteiger partial charge < -0.3 is 14.4 Å². The van der Waals surface area contributed by atoms with Gasteiger partial charge in [0.05, 0.1) is 0 Å².